The monoisotopic (exact) mass is 448 g/mol. The number of rotatable bonds is 8. The number of carbonyl (C=O) groups excluding carboxylic acids is 2. The summed E-state index contributed by atoms with van der Waals surface area (Å²) in [6, 6.07) is 14.0. The van der Waals surface area contributed by atoms with Gasteiger partial charge in [0.15, 0.2) is 11.5 Å². The highest BCUT2D eigenvalue weighted by Crippen LogP contribution is 2.27. The SMILES string of the molecule is COc1ccc(C(=O)N/C(=C\c2ccco2)C(=O)N[C@H](C)c2cc(C)ccc2C)cc1OC. The quantitative estimate of drug-likeness (QED) is 0.493. The van der Waals surface area contributed by atoms with Crippen molar-refractivity contribution in [3.63, 3.8) is 0 Å². The Morgan fingerprint density at radius 2 is 1.76 bits per heavy atom. The van der Waals surface area contributed by atoms with Crippen molar-refractivity contribution < 1.29 is 23.5 Å². The Morgan fingerprint density at radius 3 is 2.42 bits per heavy atom. The molecule has 0 radical (unpaired) electrons. The molecule has 0 fully saturated rings. The number of benzene rings is 2. The number of carbonyl (C=O) groups is 2. The summed E-state index contributed by atoms with van der Waals surface area (Å²) >= 11 is 0. The molecule has 0 aliphatic heterocycles. The van der Waals surface area contributed by atoms with E-state index < -0.39 is 11.8 Å². The number of amides is 2. The second-order valence-electron chi connectivity index (χ2n) is 7.65. The molecule has 1 aromatic heterocycles. The molecule has 33 heavy (non-hydrogen) atoms. The molecule has 7 heteroatoms. The first-order valence-corrected chi connectivity index (χ1v) is 10.5. The highest BCUT2D eigenvalue weighted by atomic mass is 16.5. The molecular weight excluding hydrogens is 420 g/mol. The van der Waals surface area contributed by atoms with Gasteiger partial charge in [0.25, 0.3) is 11.8 Å². The molecule has 3 aromatic rings. The van der Waals surface area contributed by atoms with Crippen molar-refractivity contribution >= 4 is 17.9 Å². The number of ether oxygens (including phenoxy) is 2. The second-order valence-corrected chi connectivity index (χ2v) is 7.65. The van der Waals surface area contributed by atoms with Crippen LogP contribution in [0.4, 0.5) is 0 Å². The summed E-state index contributed by atoms with van der Waals surface area (Å²) in [5.74, 6) is 0.444. The Morgan fingerprint density at radius 1 is 1.00 bits per heavy atom. The molecule has 0 aliphatic rings. The van der Waals surface area contributed by atoms with E-state index in [0.717, 1.165) is 16.7 Å². The van der Waals surface area contributed by atoms with Crippen molar-refractivity contribution in [2.75, 3.05) is 14.2 Å². The third-order valence-corrected chi connectivity index (χ3v) is 5.22. The Labute approximate surface area is 193 Å². The number of methoxy groups -OCH3 is 2. The van der Waals surface area contributed by atoms with Crippen LogP contribution in [0.5, 0.6) is 11.5 Å². The van der Waals surface area contributed by atoms with Gasteiger partial charge in [-0.3, -0.25) is 9.59 Å². The molecule has 0 saturated heterocycles. The zero-order valence-corrected chi connectivity index (χ0v) is 19.4. The lowest BCUT2D eigenvalue weighted by Crippen LogP contribution is -2.36. The van der Waals surface area contributed by atoms with Crippen molar-refractivity contribution in [2.24, 2.45) is 0 Å². The van der Waals surface area contributed by atoms with E-state index in [-0.39, 0.29) is 11.7 Å². The van der Waals surface area contributed by atoms with Crippen LogP contribution in [0.15, 0.2) is 64.9 Å². The molecule has 0 bridgehead atoms. The van der Waals surface area contributed by atoms with Crippen LogP contribution in [-0.2, 0) is 4.79 Å². The minimum Gasteiger partial charge on any atom is -0.493 e. The molecule has 0 unspecified atom stereocenters. The minimum absolute atomic E-state index is 0.0573. The topological polar surface area (TPSA) is 89.8 Å². The lowest BCUT2D eigenvalue weighted by atomic mass is 10.00. The molecule has 1 atom stereocenters. The summed E-state index contributed by atoms with van der Waals surface area (Å²) in [4.78, 5) is 26.1. The van der Waals surface area contributed by atoms with E-state index in [9.17, 15) is 9.59 Å². The van der Waals surface area contributed by atoms with Crippen LogP contribution in [0.3, 0.4) is 0 Å². The van der Waals surface area contributed by atoms with Gasteiger partial charge in [-0.25, -0.2) is 0 Å². The van der Waals surface area contributed by atoms with Crippen LogP contribution in [-0.4, -0.2) is 26.0 Å². The molecule has 172 valence electrons. The molecule has 2 amide bonds. The summed E-state index contributed by atoms with van der Waals surface area (Å²) in [5, 5.41) is 5.66. The van der Waals surface area contributed by atoms with Crippen LogP contribution in [0.2, 0.25) is 0 Å². The van der Waals surface area contributed by atoms with Crippen molar-refractivity contribution in [2.45, 2.75) is 26.8 Å². The molecule has 1 heterocycles. The number of nitrogens with one attached hydrogen (secondary N) is 2. The predicted octanol–water partition coefficient (Wildman–Crippen LogP) is 4.56. The minimum atomic E-state index is -0.469. The van der Waals surface area contributed by atoms with E-state index in [0.29, 0.717) is 22.8 Å². The van der Waals surface area contributed by atoms with Gasteiger partial charge in [-0.05, 0) is 62.2 Å². The largest absolute Gasteiger partial charge is 0.493 e. The maximum atomic E-state index is 13.2. The smallest absolute Gasteiger partial charge is 0.268 e. The van der Waals surface area contributed by atoms with E-state index in [1.807, 2.05) is 39.0 Å². The number of aryl methyl sites for hydroxylation is 2. The highest BCUT2D eigenvalue weighted by Gasteiger charge is 2.19. The average Bonchev–Trinajstić information content (AvgIpc) is 3.32. The lowest BCUT2D eigenvalue weighted by molar-refractivity contribution is -0.118. The lowest BCUT2D eigenvalue weighted by Gasteiger charge is -2.19. The molecule has 7 nitrogen and oxygen atoms in total. The Hall–Kier alpha value is -4.00. The summed E-state index contributed by atoms with van der Waals surface area (Å²) in [7, 11) is 3.01. The van der Waals surface area contributed by atoms with Gasteiger partial charge in [0.05, 0.1) is 26.5 Å². The third kappa shape index (κ3) is 5.83. The first-order valence-electron chi connectivity index (χ1n) is 10.5. The number of furan rings is 1. The highest BCUT2D eigenvalue weighted by molar-refractivity contribution is 6.05. The van der Waals surface area contributed by atoms with E-state index in [1.54, 1.807) is 30.3 Å². The fourth-order valence-corrected chi connectivity index (χ4v) is 3.42. The van der Waals surface area contributed by atoms with E-state index in [4.69, 9.17) is 13.9 Å². The van der Waals surface area contributed by atoms with E-state index >= 15 is 0 Å². The fourth-order valence-electron chi connectivity index (χ4n) is 3.42. The zero-order valence-electron chi connectivity index (χ0n) is 19.4. The van der Waals surface area contributed by atoms with Gasteiger partial charge in [-0.2, -0.15) is 0 Å². The van der Waals surface area contributed by atoms with Gasteiger partial charge in [0, 0.05) is 11.6 Å². The van der Waals surface area contributed by atoms with Crippen LogP contribution in [0.25, 0.3) is 6.08 Å². The third-order valence-electron chi connectivity index (χ3n) is 5.22. The van der Waals surface area contributed by atoms with Gasteiger partial charge in [0.1, 0.15) is 11.5 Å². The van der Waals surface area contributed by atoms with Gasteiger partial charge in [-0.1, -0.05) is 23.8 Å². The maximum Gasteiger partial charge on any atom is 0.268 e. The molecule has 0 aliphatic carbocycles. The Kier molecular flexibility index (Phi) is 7.56. The molecule has 0 spiro atoms. The Bertz CT molecular complexity index is 1170. The normalized spacial score (nSPS) is 12.1. The summed E-state index contributed by atoms with van der Waals surface area (Å²) < 4.78 is 15.8. The first kappa shape index (κ1) is 23.7. The summed E-state index contributed by atoms with van der Waals surface area (Å²) in [6.45, 7) is 5.90. The Balaban J connectivity index is 1.85. The van der Waals surface area contributed by atoms with Crippen molar-refractivity contribution in [3.8, 4) is 11.5 Å². The molecule has 0 saturated carbocycles. The maximum absolute atomic E-state index is 13.2. The molecular formula is C26H28N2O5. The van der Waals surface area contributed by atoms with Crippen LogP contribution in [0, 0.1) is 13.8 Å². The zero-order chi connectivity index (χ0) is 24.0. The molecule has 3 rings (SSSR count). The van der Waals surface area contributed by atoms with E-state index in [2.05, 4.69) is 10.6 Å². The number of hydrogen-bond donors (Lipinski definition) is 2. The van der Waals surface area contributed by atoms with Crippen molar-refractivity contribution in [3.05, 3.63) is 88.5 Å². The van der Waals surface area contributed by atoms with Crippen LogP contribution in [0.1, 0.15) is 45.8 Å². The average molecular weight is 449 g/mol. The van der Waals surface area contributed by atoms with E-state index in [1.165, 1.54) is 26.6 Å². The van der Waals surface area contributed by atoms with Crippen molar-refractivity contribution in [1.82, 2.24) is 10.6 Å². The second kappa shape index (κ2) is 10.5. The van der Waals surface area contributed by atoms with Gasteiger partial charge in [0.2, 0.25) is 0 Å². The predicted molar refractivity (Wildman–Crippen MR) is 126 cm³/mol. The first-order chi connectivity index (χ1) is 15.8. The van der Waals surface area contributed by atoms with Crippen LogP contribution < -0.4 is 20.1 Å². The summed E-state index contributed by atoms with van der Waals surface area (Å²) in [5.41, 5.74) is 3.55. The summed E-state index contributed by atoms with van der Waals surface area (Å²) in [6.07, 6.45) is 2.99. The molecule has 2 aromatic carbocycles. The van der Waals surface area contributed by atoms with Gasteiger partial charge < -0.3 is 24.5 Å². The number of hydrogen-bond acceptors (Lipinski definition) is 5. The molecule has 2 N–H and O–H groups in total. The standard InChI is InChI=1S/C26H28N2O5/c1-16-8-9-17(2)21(13-16)18(3)27-26(30)22(15-20-7-6-12-33-20)28-25(29)19-10-11-23(31-4)24(14-19)32-5/h6-15,18H,1-5H3,(H,27,30)(H,28,29)/b22-15-/t18-/m1/s1. The van der Waals surface area contributed by atoms with Crippen molar-refractivity contribution in [1.29, 1.82) is 0 Å². The fraction of sp³-hybridized carbons (Fsp3) is 0.231. The van der Waals surface area contributed by atoms with Crippen LogP contribution >= 0.6 is 0 Å². The van der Waals surface area contributed by atoms with Gasteiger partial charge >= 0.3 is 0 Å². The van der Waals surface area contributed by atoms with Gasteiger partial charge in [-0.15, -0.1) is 0 Å².